The van der Waals surface area contributed by atoms with E-state index < -0.39 is 5.97 Å². The largest absolute Gasteiger partial charge is 0.496 e. The van der Waals surface area contributed by atoms with Crippen LogP contribution in [0, 0.1) is 0 Å². The topological polar surface area (TPSA) is 89.5 Å². The summed E-state index contributed by atoms with van der Waals surface area (Å²) in [5, 5.41) is 1.11. The Morgan fingerprint density at radius 1 is 0.857 bits per heavy atom. The molecule has 0 N–H and O–H groups in total. The molecule has 4 aromatic rings. The molecule has 1 aliphatic carbocycles. The van der Waals surface area contributed by atoms with Gasteiger partial charge in [-0.25, -0.2) is 4.79 Å². The van der Waals surface area contributed by atoms with Gasteiger partial charge in [-0.2, -0.15) is 0 Å². The SMILES string of the molecule is COc1cc(OCC(=O)OCC2=CC2)c(/C=C/C(=O)c2cc(OC)c(OC)c(OC)c2)cc1-c1cc2ccccc2s1. The Balaban J connectivity index is 1.50. The first kappa shape index (κ1) is 28.8. The number of rotatable bonds is 13. The van der Waals surface area contributed by atoms with Gasteiger partial charge < -0.3 is 28.4 Å². The van der Waals surface area contributed by atoms with Gasteiger partial charge in [-0.05, 0) is 59.9 Å². The smallest absolute Gasteiger partial charge is 0.344 e. The van der Waals surface area contributed by atoms with E-state index in [0.29, 0.717) is 39.9 Å². The van der Waals surface area contributed by atoms with E-state index in [1.165, 1.54) is 27.4 Å². The molecule has 1 aliphatic rings. The van der Waals surface area contributed by atoms with Gasteiger partial charge in [0, 0.05) is 32.3 Å². The maximum Gasteiger partial charge on any atom is 0.344 e. The van der Waals surface area contributed by atoms with Crippen LogP contribution in [0.4, 0.5) is 0 Å². The van der Waals surface area contributed by atoms with Crippen molar-refractivity contribution >= 4 is 39.3 Å². The lowest BCUT2D eigenvalue weighted by Gasteiger charge is -2.14. The zero-order valence-electron chi connectivity index (χ0n) is 23.7. The number of benzene rings is 3. The molecule has 9 heteroatoms. The highest BCUT2D eigenvalue weighted by Gasteiger charge is 2.19. The van der Waals surface area contributed by atoms with E-state index >= 15 is 0 Å². The second-order valence-corrected chi connectivity index (χ2v) is 10.5. The average Bonchev–Trinajstić information content (AvgIpc) is 3.76. The first-order valence-corrected chi connectivity index (χ1v) is 14.0. The predicted molar refractivity (Wildman–Crippen MR) is 162 cm³/mol. The first-order chi connectivity index (χ1) is 20.4. The van der Waals surface area contributed by atoms with Gasteiger partial charge in [0.2, 0.25) is 5.75 Å². The van der Waals surface area contributed by atoms with Crippen molar-refractivity contribution in [3.8, 4) is 39.2 Å². The van der Waals surface area contributed by atoms with Crippen LogP contribution in [-0.4, -0.2) is 53.4 Å². The number of methoxy groups -OCH3 is 4. The van der Waals surface area contributed by atoms with Gasteiger partial charge in [0.15, 0.2) is 23.9 Å². The Bertz CT molecular complexity index is 1640. The van der Waals surface area contributed by atoms with Gasteiger partial charge in [0.25, 0.3) is 0 Å². The molecule has 0 unspecified atom stereocenters. The molecular weight excluding hydrogens is 556 g/mol. The second-order valence-electron chi connectivity index (χ2n) is 9.37. The molecule has 5 rings (SSSR count). The van der Waals surface area contributed by atoms with Crippen LogP contribution in [-0.2, 0) is 9.53 Å². The fraction of sp³-hybridized carbons (Fsp3) is 0.212. The van der Waals surface area contributed by atoms with Gasteiger partial charge in [-0.15, -0.1) is 11.3 Å². The molecule has 0 radical (unpaired) electrons. The van der Waals surface area contributed by atoms with Crippen LogP contribution in [0.25, 0.3) is 26.6 Å². The first-order valence-electron chi connectivity index (χ1n) is 13.1. The maximum absolute atomic E-state index is 13.3. The molecule has 216 valence electrons. The summed E-state index contributed by atoms with van der Waals surface area (Å²) in [5.74, 6) is 1.29. The summed E-state index contributed by atoms with van der Waals surface area (Å²) in [7, 11) is 6.06. The Morgan fingerprint density at radius 3 is 2.21 bits per heavy atom. The third-order valence-electron chi connectivity index (χ3n) is 6.64. The van der Waals surface area contributed by atoms with Crippen LogP contribution in [0.3, 0.4) is 0 Å². The Labute approximate surface area is 247 Å². The normalized spacial score (nSPS) is 12.1. The highest BCUT2D eigenvalue weighted by atomic mass is 32.1. The molecule has 0 spiro atoms. The lowest BCUT2D eigenvalue weighted by molar-refractivity contribution is -0.144. The predicted octanol–water partition coefficient (Wildman–Crippen LogP) is 6.75. The van der Waals surface area contributed by atoms with E-state index in [1.54, 1.807) is 42.7 Å². The third-order valence-corrected chi connectivity index (χ3v) is 7.79. The van der Waals surface area contributed by atoms with E-state index in [1.807, 2.05) is 24.3 Å². The highest BCUT2D eigenvalue weighted by molar-refractivity contribution is 7.22. The number of thiophene rings is 1. The number of ketones is 1. The van der Waals surface area contributed by atoms with Crippen LogP contribution in [0.1, 0.15) is 22.3 Å². The molecule has 1 aromatic heterocycles. The highest BCUT2D eigenvalue weighted by Crippen LogP contribution is 2.42. The van der Waals surface area contributed by atoms with Crippen LogP contribution >= 0.6 is 11.3 Å². The van der Waals surface area contributed by atoms with Crippen molar-refractivity contribution in [2.45, 2.75) is 6.42 Å². The molecule has 0 atom stereocenters. The average molecular weight is 587 g/mol. The minimum Gasteiger partial charge on any atom is -0.496 e. The number of ether oxygens (including phenoxy) is 6. The molecular formula is C33H30O8S. The standard InChI is InChI=1S/C33H30O8S/c1-36-27-17-26(40-19-32(35)41-18-20-9-10-20)21(13-24(27)31-16-22-7-5-6-8-30(22)42-31)11-12-25(34)23-14-28(37-2)33(39-4)29(15-23)38-3/h5-9,11-17H,10,18-19H2,1-4H3/b12-11+. The maximum atomic E-state index is 13.3. The van der Waals surface area contributed by atoms with Crippen molar-refractivity contribution in [3.63, 3.8) is 0 Å². The van der Waals surface area contributed by atoms with Crippen LogP contribution in [0.15, 0.2) is 72.3 Å². The molecule has 0 saturated carbocycles. The van der Waals surface area contributed by atoms with E-state index in [-0.39, 0.29) is 19.0 Å². The van der Waals surface area contributed by atoms with Crippen LogP contribution < -0.4 is 23.7 Å². The summed E-state index contributed by atoms with van der Waals surface area (Å²) in [4.78, 5) is 26.6. The van der Waals surface area contributed by atoms with Gasteiger partial charge >= 0.3 is 5.97 Å². The molecule has 0 saturated heterocycles. The van der Waals surface area contributed by atoms with E-state index in [2.05, 4.69) is 18.2 Å². The van der Waals surface area contributed by atoms with Crippen molar-refractivity contribution in [2.24, 2.45) is 0 Å². The number of esters is 1. The number of carbonyl (C=O) groups is 2. The lowest BCUT2D eigenvalue weighted by atomic mass is 10.0. The molecule has 42 heavy (non-hydrogen) atoms. The molecule has 0 bridgehead atoms. The number of hydrogen-bond donors (Lipinski definition) is 0. The minimum atomic E-state index is -0.487. The van der Waals surface area contributed by atoms with Gasteiger partial charge in [0.05, 0.1) is 28.4 Å². The summed E-state index contributed by atoms with van der Waals surface area (Å²) in [6.07, 6.45) is 5.96. The number of allylic oxidation sites excluding steroid dienone is 2. The number of hydrogen-bond acceptors (Lipinski definition) is 9. The minimum absolute atomic E-state index is 0.270. The number of fused-ring (bicyclic) bond motifs is 1. The van der Waals surface area contributed by atoms with Crippen LogP contribution in [0.5, 0.6) is 28.7 Å². The summed E-state index contributed by atoms with van der Waals surface area (Å²) >= 11 is 1.63. The van der Waals surface area contributed by atoms with Crippen molar-refractivity contribution in [3.05, 3.63) is 83.4 Å². The summed E-state index contributed by atoms with van der Waals surface area (Å²) < 4.78 is 34.2. The summed E-state index contributed by atoms with van der Waals surface area (Å²) in [6.45, 7) is -0.0211. The van der Waals surface area contributed by atoms with E-state index in [0.717, 1.165) is 32.5 Å². The Morgan fingerprint density at radius 2 is 1.57 bits per heavy atom. The van der Waals surface area contributed by atoms with E-state index in [4.69, 9.17) is 28.4 Å². The van der Waals surface area contributed by atoms with Crippen LogP contribution in [0.2, 0.25) is 0 Å². The fourth-order valence-electron chi connectivity index (χ4n) is 4.34. The van der Waals surface area contributed by atoms with Crippen molar-refractivity contribution in [2.75, 3.05) is 41.7 Å². The van der Waals surface area contributed by atoms with Gasteiger partial charge in [-0.1, -0.05) is 24.3 Å². The van der Waals surface area contributed by atoms with Crippen molar-refractivity contribution < 1.29 is 38.0 Å². The van der Waals surface area contributed by atoms with Crippen molar-refractivity contribution in [1.82, 2.24) is 0 Å². The summed E-state index contributed by atoms with van der Waals surface area (Å²) in [5.41, 5.74) is 2.85. The Kier molecular flexibility index (Phi) is 8.78. The molecule has 0 amide bonds. The molecule has 1 heterocycles. The number of carbonyl (C=O) groups excluding carboxylic acids is 2. The van der Waals surface area contributed by atoms with Gasteiger partial charge in [0.1, 0.15) is 18.1 Å². The van der Waals surface area contributed by atoms with E-state index in [9.17, 15) is 9.59 Å². The zero-order valence-corrected chi connectivity index (χ0v) is 24.5. The fourth-order valence-corrected chi connectivity index (χ4v) is 5.42. The Hall–Kier alpha value is -4.76. The molecule has 0 aliphatic heterocycles. The zero-order chi connectivity index (χ0) is 29.6. The van der Waals surface area contributed by atoms with Crippen molar-refractivity contribution in [1.29, 1.82) is 0 Å². The molecule has 8 nitrogen and oxygen atoms in total. The lowest BCUT2D eigenvalue weighted by Crippen LogP contribution is -2.15. The third kappa shape index (κ3) is 6.42. The summed E-state index contributed by atoms with van der Waals surface area (Å²) in [6, 6.07) is 17.0. The monoisotopic (exact) mass is 586 g/mol. The molecule has 3 aromatic carbocycles. The molecule has 0 fully saturated rings. The quantitative estimate of drug-likeness (QED) is 0.0736. The van der Waals surface area contributed by atoms with Gasteiger partial charge in [-0.3, -0.25) is 4.79 Å². The second kappa shape index (κ2) is 12.8.